The van der Waals surface area contributed by atoms with Gasteiger partial charge >= 0.3 is 0 Å². The maximum absolute atomic E-state index is 14.8. The molecule has 8 nitrogen and oxygen atoms in total. The number of anilines is 1. The number of aryl methyl sites for hydroxylation is 1. The van der Waals surface area contributed by atoms with Gasteiger partial charge < -0.3 is 24.8 Å². The highest BCUT2D eigenvalue weighted by Gasteiger charge is 2.49. The number of ether oxygens (including phenoxy) is 3. The lowest BCUT2D eigenvalue weighted by atomic mass is 9.69. The molecule has 36 heavy (non-hydrogen) atoms. The van der Waals surface area contributed by atoms with Gasteiger partial charge in [-0.1, -0.05) is 0 Å². The molecule has 3 aromatic rings. The van der Waals surface area contributed by atoms with Crippen LogP contribution < -0.4 is 20.1 Å². The van der Waals surface area contributed by atoms with Crippen LogP contribution in [0.4, 0.5) is 10.1 Å². The SMILES string of the molecule is COc1ccc2ncc(F)c(CCC34CCC(NCc5ccc6c(n5)OCCN6)(CC3)CO4)c2n1.Cl. The summed E-state index contributed by atoms with van der Waals surface area (Å²) in [6.07, 6.45) is 6.56. The van der Waals surface area contributed by atoms with Gasteiger partial charge in [-0.3, -0.25) is 4.98 Å². The number of rotatable bonds is 7. The standard InChI is InChI=1S/C26H30FN5O3.ClH/c1-33-22-5-4-20-23(32-22)18(19(27)15-29-20)6-7-26-10-8-25(9-11-26,16-35-26)30-14-17-2-3-21-24(31-17)34-13-12-28-21;/h2-5,15,28,30H,6-14,16H2,1H3;1H. The van der Waals surface area contributed by atoms with Crippen LogP contribution in [0.3, 0.4) is 0 Å². The minimum Gasteiger partial charge on any atom is -0.481 e. The van der Waals surface area contributed by atoms with Gasteiger partial charge in [0.15, 0.2) is 0 Å². The molecule has 0 atom stereocenters. The Balaban J connectivity index is 0.00000267. The van der Waals surface area contributed by atoms with Crippen LogP contribution in [0.25, 0.3) is 11.0 Å². The van der Waals surface area contributed by atoms with Gasteiger partial charge in [0.25, 0.3) is 0 Å². The van der Waals surface area contributed by atoms with Gasteiger partial charge in [-0.05, 0) is 56.7 Å². The summed E-state index contributed by atoms with van der Waals surface area (Å²) in [6, 6.07) is 7.64. The molecule has 1 saturated carbocycles. The zero-order valence-corrected chi connectivity index (χ0v) is 21.1. The molecule has 6 heterocycles. The van der Waals surface area contributed by atoms with E-state index >= 15 is 0 Å². The summed E-state index contributed by atoms with van der Waals surface area (Å²) in [4.78, 5) is 13.3. The number of halogens is 2. The van der Waals surface area contributed by atoms with Crippen LogP contribution in [0, 0.1) is 5.82 Å². The van der Waals surface area contributed by atoms with Crippen LogP contribution in [0.5, 0.6) is 11.8 Å². The number of fused-ring (bicyclic) bond motifs is 5. The normalized spacial score (nSPS) is 24.4. The van der Waals surface area contributed by atoms with Crippen LogP contribution in [0.1, 0.15) is 43.4 Å². The van der Waals surface area contributed by atoms with E-state index in [0.29, 0.717) is 54.5 Å². The molecule has 3 aromatic heterocycles. The van der Waals surface area contributed by atoms with Crippen molar-refractivity contribution in [1.29, 1.82) is 0 Å². The van der Waals surface area contributed by atoms with Gasteiger partial charge in [-0.15, -0.1) is 12.4 Å². The van der Waals surface area contributed by atoms with Crippen LogP contribution in [0.15, 0.2) is 30.5 Å². The fourth-order valence-electron chi connectivity index (χ4n) is 5.53. The maximum Gasteiger partial charge on any atom is 0.237 e. The van der Waals surface area contributed by atoms with E-state index < -0.39 is 0 Å². The number of nitrogens with one attached hydrogen (secondary N) is 2. The highest BCUT2D eigenvalue weighted by atomic mass is 35.5. The van der Waals surface area contributed by atoms with E-state index in [1.54, 1.807) is 13.2 Å². The summed E-state index contributed by atoms with van der Waals surface area (Å²) in [5, 5.41) is 7.03. The Morgan fingerprint density at radius 1 is 1.14 bits per heavy atom. The predicted octanol–water partition coefficient (Wildman–Crippen LogP) is 4.20. The summed E-state index contributed by atoms with van der Waals surface area (Å²) >= 11 is 0. The topological polar surface area (TPSA) is 90.4 Å². The Morgan fingerprint density at radius 2 is 2.00 bits per heavy atom. The van der Waals surface area contributed by atoms with Crippen LogP contribution in [-0.4, -0.2) is 53.0 Å². The van der Waals surface area contributed by atoms with E-state index in [0.717, 1.165) is 50.0 Å². The average molecular weight is 516 g/mol. The van der Waals surface area contributed by atoms with Gasteiger partial charge in [0.1, 0.15) is 12.4 Å². The van der Waals surface area contributed by atoms with Crippen molar-refractivity contribution >= 4 is 29.1 Å². The van der Waals surface area contributed by atoms with Gasteiger partial charge in [0, 0.05) is 30.3 Å². The first-order valence-corrected chi connectivity index (χ1v) is 12.3. The number of nitrogens with zero attached hydrogens (tertiary/aromatic N) is 3. The van der Waals surface area contributed by atoms with Gasteiger partial charge in [0.2, 0.25) is 11.8 Å². The fraction of sp³-hybridized carbons (Fsp3) is 0.500. The summed E-state index contributed by atoms with van der Waals surface area (Å²) in [5.74, 6) is 0.815. The Labute approximate surface area is 215 Å². The van der Waals surface area contributed by atoms with Crippen molar-refractivity contribution in [2.75, 3.05) is 32.2 Å². The van der Waals surface area contributed by atoms with Crippen molar-refractivity contribution < 1.29 is 18.6 Å². The van der Waals surface area contributed by atoms with Gasteiger partial charge in [-0.2, -0.15) is 0 Å². The molecule has 2 N–H and O–H groups in total. The molecule has 2 bridgehead atoms. The molecule has 0 radical (unpaired) electrons. The summed E-state index contributed by atoms with van der Waals surface area (Å²) in [7, 11) is 1.56. The Hall–Kier alpha value is -2.75. The number of pyridine rings is 3. The molecule has 0 spiro atoms. The molecule has 0 unspecified atom stereocenters. The zero-order valence-electron chi connectivity index (χ0n) is 20.3. The third-order valence-corrected chi connectivity index (χ3v) is 7.77. The second kappa shape index (κ2) is 9.95. The van der Waals surface area contributed by atoms with Crippen molar-refractivity contribution in [2.24, 2.45) is 0 Å². The Kier molecular flexibility index (Phi) is 6.89. The lowest BCUT2D eigenvalue weighted by Crippen LogP contribution is -2.61. The minimum absolute atomic E-state index is 0. The zero-order chi connectivity index (χ0) is 23.9. The third kappa shape index (κ3) is 4.67. The molecule has 0 aromatic carbocycles. The molecule has 2 saturated heterocycles. The molecule has 0 amide bonds. The predicted molar refractivity (Wildman–Crippen MR) is 137 cm³/mol. The van der Waals surface area contributed by atoms with Crippen LogP contribution in [0.2, 0.25) is 0 Å². The highest BCUT2D eigenvalue weighted by Crippen LogP contribution is 2.46. The third-order valence-electron chi connectivity index (χ3n) is 7.77. The lowest BCUT2D eigenvalue weighted by Gasteiger charge is -2.53. The number of methoxy groups -OCH3 is 1. The smallest absolute Gasteiger partial charge is 0.237 e. The molecule has 4 aliphatic rings. The monoisotopic (exact) mass is 515 g/mol. The maximum atomic E-state index is 14.8. The fourth-order valence-corrected chi connectivity index (χ4v) is 5.53. The van der Waals surface area contributed by atoms with E-state index in [9.17, 15) is 4.39 Å². The second-order valence-electron chi connectivity index (χ2n) is 9.84. The largest absolute Gasteiger partial charge is 0.481 e. The first kappa shape index (κ1) is 24.9. The molecular weight excluding hydrogens is 485 g/mol. The number of hydrogen-bond acceptors (Lipinski definition) is 8. The summed E-state index contributed by atoms with van der Waals surface area (Å²) in [5.41, 5.74) is 3.49. The first-order chi connectivity index (χ1) is 17.1. The molecule has 192 valence electrons. The molecule has 10 heteroatoms. The van der Waals surface area contributed by atoms with Crippen LogP contribution >= 0.6 is 12.4 Å². The van der Waals surface area contributed by atoms with E-state index in [1.807, 2.05) is 18.2 Å². The molecule has 3 fully saturated rings. The highest BCUT2D eigenvalue weighted by molar-refractivity contribution is 5.85. The van der Waals surface area contributed by atoms with Crippen molar-refractivity contribution in [3.63, 3.8) is 0 Å². The van der Waals surface area contributed by atoms with Gasteiger partial charge in [0.05, 0.1) is 47.9 Å². The molecule has 1 aliphatic carbocycles. The minimum atomic E-state index is -0.325. The molecular formula is C26H31ClFN5O3. The quantitative estimate of drug-likeness (QED) is 0.484. The van der Waals surface area contributed by atoms with E-state index in [-0.39, 0.29) is 29.4 Å². The Morgan fingerprint density at radius 3 is 2.78 bits per heavy atom. The molecule has 3 aliphatic heterocycles. The Bertz CT molecular complexity index is 1240. The molecule has 7 rings (SSSR count). The second-order valence-corrected chi connectivity index (χ2v) is 9.84. The van der Waals surface area contributed by atoms with Crippen molar-refractivity contribution in [3.05, 3.63) is 47.5 Å². The van der Waals surface area contributed by atoms with E-state index in [2.05, 4.69) is 25.6 Å². The number of hydrogen-bond donors (Lipinski definition) is 2. The summed E-state index contributed by atoms with van der Waals surface area (Å²) < 4.78 is 32.1. The first-order valence-electron chi connectivity index (χ1n) is 12.3. The van der Waals surface area contributed by atoms with E-state index in [4.69, 9.17) is 14.2 Å². The van der Waals surface area contributed by atoms with Crippen molar-refractivity contribution in [1.82, 2.24) is 20.3 Å². The number of aromatic nitrogens is 3. The van der Waals surface area contributed by atoms with Crippen molar-refractivity contribution in [3.8, 4) is 11.8 Å². The average Bonchev–Trinajstić information content (AvgIpc) is 2.92. The van der Waals surface area contributed by atoms with Gasteiger partial charge in [-0.25, -0.2) is 14.4 Å². The van der Waals surface area contributed by atoms with Crippen LogP contribution in [-0.2, 0) is 17.7 Å². The summed E-state index contributed by atoms with van der Waals surface area (Å²) in [6.45, 7) is 2.78. The lowest BCUT2D eigenvalue weighted by molar-refractivity contribution is -0.165. The van der Waals surface area contributed by atoms with E-state index in [1.165, 1.54) is 6.20 Å². The van der Waals surface area contributed by atoms with Crippen molar-refractivity contribution in [2.45, 2.75) is 56.2 Å².